The number of benzene rings is 6. The van der Waals surface area contributed by atoms with Crippen LogP contribution in [-0.4, -0.2) is 7.11 Å². The molecule has 206 valence electrons. The first-order valence-corrected chi connectivity index (χ1v) is 14.4. The number of nitrogens with zero attached hydrogens (tertiary/aromatic N) is 2. The predicted octanol–water partition coefficient (Wildman–Crippen LogP) is 10.9. The molecule has 0 aliphatic rings. The van der Waals surface area contributed by atoms with Crippen molar-refractivity contribution in [1.29, 1.82) is 0 Å². The number of para-hydroxylation sites is 2. The summed E-state index contributed by atoms with van der Waals surface area (Å²) in [6, 6.07) is 55.6. The van der Waals surface area contributed by atoms with E-state index >= 15 is 0 Å². The highest BCUT2D eigenvalue weighted by Gasteiger charge is 2.14. The number of methoxy groups -OCH3 is 1. The summed E-state index contributed by atoms with van der Waals surface area (Å²) in [4.78, 5) is 4.56. The van der Waals surface area contributed by atoms with E-state index in [0.717, 1.165) is 46.3 Å². The summed E-state index contributed by atoms with van der Waals surface area (Å²) in [5, 5.41) is 0. The second kappa shape index (κ2) is 12.5. The van der Waals surface area contributed by atoms with Crippen LogP contribution in [0.4, 0.5) is 34.1 Å². The van der Waals surface area contributed by atoms with Crippen LogP contribution in [0.5, 0.6) is 5.75 Å². The van der Waals surface area contributed by atoms with Gasteiger partial charge in [0.25, 0.3) is 0 Å². The number of ether oxygens (including phenoxy) is 1. The standard InChI is InChI=1S/C39H34N2O/c1-3-30-14-20-35(21-15-30)40(33-10-6-4-7-11-33)36-22-16-31(17-23-36)32-18-24-37(25-19-32)41(34-12-8-5-9-13-34)38-26-28-39(42-2)29-27-38/h4-29H,3H2,1-2H3. The summed E-state index contributed by atoms with van der Waals surface area (Å²) in [5.41, 5.74) is 10.4. The van der Waals surface area contributed by atoms with Gasteiger partial charge in [-0.1, -0.05) is 79.7 Å². The molecule has 0 unspecified atom stereocenters. The zero-order valence-corrected chi connectivity index (χ0v) is 24.0. The molecule has 0 atom stereocenters. The smallest absolute Gasteiger partial charge is 0.119 e. The first kappa shape index (κ1) is 26.9. The Hall–Kier alpha value is -5.28. The number of hydrogen-bond donors (Lipinski definition) is 0. The molecule has 0 heterocycles. The van der Waals surface area contributed by atoms with Crippen LogP contribution in [0.25, 0.3) is 11.1 Å². The number of aryl methyl sites for hydroxylation is 1. The number of rotatable bonds is 9. The Balaban J connectivity index is 1.30. The molecule has 0 bridgehead atoms. The Morgan fingerprint density at radius 3 is 1.10 bits per heavy atom. The third-order valence-electron chi connectivity index (χ3n) is 7.55. The zero-order chi connectivity index (χ0) is 28.7. The van der Waals surface area contributed by atoms with Gasteiger partial charge in [0.15, 0.2) is 0 Å². The second-order valence-electron chi connectivity index (χ2n) is 10.2. The summed E-state index contributed by atoms with van der Waals surface area (Å²) in [7, 11) is 1.69. The molecule has 6 aromatic carbocycles. The van der Waals surface area contributed by atoms with Gasteiger partial charge in [0, 0.05) is 34.1 Å². The maximum atomic E-state index is 5.39. The van der Waals surface area contributed by atoms with E-state index in [4.69, 9.17) is 4.74 Å². The largest absolute Gasteiger partial charge is 0.497 e. The molecule has 6 rings (SSSR count). The topological polar surface area (TPSA) is 15.7 Å². The van der Waals surface area contributed by atoms with Crippen molar-refractivity contribution in [3.8, 4) is 16.9 Å². The molecule has 0 radical (unpaired) electrons. The van der Waals surface area contributed by atoms with Crippen LogP contribution >= 0.6 is 0 Å². The zero-order valence-electron chi connectivity index (χ0n) is 24.0. The van der Waals surface area contributed by atoms with Crippen LogP contribution in [0, 0.1) is 0 Å². The molecule has 3 nitrogen and oxygen atoms in total. The van der Waals surface area contributed by atoms with Crippen molar-refractivity contribution in [1.82, 2.24) is 0 Å². The molecule has 0 aliphatic heterocycles. The van der Waals surface area contributed by atoms with E-state index in [1.807, 2.05) is 18.2 Å². The maximum absolute atomic E-state index is 5.39. The highest BCUT2D eigenvalue weighted by molar-refractivity contribution is 5.80. The average molecular weight is 547 g/mol. The second-order valence-corrected chi connectivity index (χ2v) is 10.2. The van der Waals surface area contributed by atoms with Crippen molar-refractivity contribution in [2.45, 2.75) is 13.3 Å². The summed E-state index contributed by atoms with van der Waals surface area (Å²) in [6.45, 7) is 2.19. The first-order valence-electron chi connectivity index (χ1n) is 14.4. The van der Waals surface area contributed by atoms with Gasteiger partial charge in [-0.15, -0.1) is 0 Å². The van der Waals surface area contributed by atoms with Crippen molar-refractivity contribution in [3.05, 3.63) is 163 Å². The SMILES string of the molecule is CCc1ccc(N(c2ccccc2)c2ccc(-c3ccc(N(c4ccccc4)c4ccc(OC)cc4)cc3)cc2)cc1. The first-order chi connectivity index (χ1) is 20.7. The third kappa shape index (κ3) is 5.77. The normalized spacial score (nSPS) is 10.7. The molecule has 0 amide bonds. The quantitative estimate of drug-likeness (QED) is 0.179. The maximum Gasteiger partial charge on any atom is 0.119 e. The van der Waals surface area contributed by atoms with Gasteiger partial charge in [-0.2, -0.15) is 0 Å². The lowest BCUT2D eigenvalue weighted by Crippen LogP contribution is -2.10. The van der Waals surface area contributed by atoms with Gasteiger partial charge >= 0.3 is 0 Å². The molecule has 3 heteroatoms. The van der Waals surface area contributed by atoms with Gasteiger partial charge < -0.3 is 14.5 Å². The molecule has 0 saturated carbocycles. The summed E-state index contributed by atoms with van der Waals surface area (Å²) in [6.07, 6.45) is 1.03. The fraction of sp³-hybridized carbons (Fsp3) is 0.0769. The van der Waals surface area contributed by atoms with Crippen LogP contribution in [0.3, 0.4) is 0 Å². The summed E-state index contributed by atoms with van der Waals surface area (Å²) in [5.74, 6) is 0.842. The fourth-order valence-corrected chi connectivity index (χ4v) is 5.27. The van der Waals surface area contributed by atoms with Crippen molar-refractivity contribution < 1.29 is 4.74 Å². The summed E-state index contributed by atoms with van der Waals surface area (Å²) < 4.78 is 5.39. The number of hydrogen-bond acceptors (Lipinski definition) is 3. The Labute approximate surface area is 248 Å². The lowest BCUT2D eigenvalue weighted by atomic mass is 10.0. The highest BCUT2D eigenvalue weighted by atomic mass is 16.5. The van der Waals surface area contributed by atoms with E-state index in [-0.39, 0.29) is 0 Å². The monoisotopic (exact) mass is 546 g/mol. The molecule has 0 saturated heterocycles. The summed E-state index contributed by atoms with van der Waals surface area (Å²) >= 11 is 0. The van der Waals surface area contributed by atoms with Gasteiger partial charge in [0.1, 0.15) is 5.75 Å². The lowest BCUT2D eigenvalue weighted by Gasteiger charge is -2.26. The van der Waals surface area contributed by atoms with E-state index in [9.17, 15) is 0 Å². The molecule has 6 aromatic rings. The van der Waals surface area contributed by atoms with Crippen LogP contribution < -0.4 is 14.5 Å². The van der Waals surface area contributed by atoms with E-state index in [1.165, 1.54) is 16.7 Å². The van der Waals surface area contributed by atoms with E-state index in [2.05, 4.69) is 156 Å². The molecular weight excluding hydrogens is 512 g/mol. The van der Waals surface area contributed by atoms with Crippen LogP contribution in [0.15, 0.2) is 158 Å². The third-order valence-corrected chi connectivity index (χ3v) is 7.55. The minimum Gasteiger partial charge on any atom is -0.497 e. The molecule has 0 aliphatic carbocycles. The molecule has 0 spiro atoms. The molecule has 0 N–H and O–H groups in total. The van der Waals surface area contributed by atoms with Crippen molar-refractivity contribution >= 4 is 34.1 Å². The van der Waals surface area contributed by atoms with Gasteiger partial charge in [-0.25, -0.2) is 0 Å². The van der Waals surface area contributed by atoms with Gasteiger partial charge in [0.05, 0.1) is 7.11 Å². The average Bonchev–Trinajstić information content (AvgIpc) is 3.07. The lowest BCUT2D eigenvalue weighted by molar-refractivity contribution is 0.415. The van der Waals surface area contributed by atoms with Crippen molar-refractivity contribution in [2.24, 2.45) is 0 Å². The molecule has 42 heavy (non-hydrogen) atoms. The Bertz CT molecular complexity index is 1560. The minimum absolute atomic E-state index is 0.842. The Morgan fingerprint density at radius 2 is 0.738 bits per heavy atom. The van der Waals surface area contributed by atoms with Crippen molar-refractivity contribution in [2.75, 3.05) is 16.9 Å². The molecule has 0 aromatic heterocycles. The van der Waals surface area contributed by atoms with Crippen LogP contribution in [0.1, 0.15) is 12.5 Å². The van der Waals surface area contributed by atoms with E-state index < -0.39 is 0 Å². The van der Waals surface area contributed by atoms with Gasteiger partial charge in [-0.05, 0) is 108 Å². The molecular formula is C39H34N2O. The molecule has 0 fully saturated rings. The van der Waals surface area contributed by atoms with Crippen molar-refractivity contribution in [3.63, 3.8) is 0 Å². The Morgan fingerprint density at radius 1 is 0.405 bits per heavy atom. The Kier molecular flexibility index (Phi) is 8.00. The number of anilines is 6. The van der Waals surface area contributed by atoms with Crippen LogP contribution in [-0.2, 0) is 6.42 Å². The van der Waals surface area contributed by atoms with Gasteiger partial charge in [0.2, 0.25) is 0 Å². The highest BCUT2D eigenvalue weighted by Crippen LogP contribution is 2.38. The fourth-order valence-electron chi connectivity index (χ4n) is 5.27. The predicted molar refractivity (Wildman–Crippen MR) is 177 cm³/mol. The van der Waals surface area contributed by atoms with Crippen LogP contribution in [0.2, 0.25) is 0 Å². The van der Waals surface area contributed by atoms with E-state index in [1.54, 1.807) is 7.11 Å². The van der Waals surface area contributed by atoms with E-state index in [0.29, 0.717) is 0 Å². The minimum atomic E-state index is 0.842. The van der Waals surface area contributed by atoms with Gasteiger partial charge in [-0.3, -0.25) is 0 Å².